The van der Waals surface area contributed by atoms with E-state index in [9.17, 15) is 22.8 Å². The number of aliphatic carboxylic acids is 1. The van der Waals surface area contributed by atoms with E-state index in [1.807, 2.05) is 21.1 Å². The van der Waals surface area contributed by atoms with Crippen molar-refractivity contribution < 1.29 is 32.3 Å². The van der Waals surface area contributed by atoms with Crippen molar-refractivity contribution >= 4 is 11.9 Å². The number of carbonyl (C=O) groups excluding carboxylic acids is 1. The Bertz CT molecular complexity index is 702. The maximum Gasteiger partial charge on any atom is 0.416 e. The molecular formula is C24H41F3N3O3+. The third kappa shape index (κ3) is 15.4. The molecule has 0 aliphatic rings. The zero-order chi connectivity index (χ0) is 24.2. The van der Waals surface area contributed by atoms with Crippen LogP contribution < -0.4 is 11.5 Å². The smallest absolute Gasteiger partial charge is 0.416 e. The number of halogens is 3. The highest BCUT2D eigenvalue weighted by Gasteiger charge is 2.29. The molecule has 0 unspecified atom stereocenters. The number of carboxylic acids is 1. The van der Waals surface area contributed by atoms with Gasteiger partial charge in [-0.05, 0) is 37.0 Å². The lowest BCUT2D eigenvalue weighted by atomic mass is 10.0. The average molecular weight is 477 g/mol. The number of unbranched alkanes of at least 4 members (excludes halogenated alkanes) is 6. The molecule has 0 saturated carbocycles. The fourth-order valence-electron chi connectivity index (χ4n) is 3.69. The molecule has 0 heterocycles. The second-order valence-electron chi connectivity index (χ2n) is 9.50. The molecule has 1 atom stereocenters. The van der Waals surface area contributed by atoms with Crippen molar-refractivity contribution in [2.45, 2.75) is 76.4 Å². The summed E-state index contributed by atoms with van der Waals surface area (Å²) < 4.78 is 38.3. The highest BCUT2D eigenvalue weighted by atomic mass is 19.4. The number of quaternary nitrogens is 1. The van der Waals surface area contributed by atoms with Crippen molar-refractivity contribution in [2.24, 2.45) is 0 Å². The van der Waals surface area contributed by atoms with Gasteiger partial charge in [0.15, 0.2) is 0 Å². The molecule has 1 amide bonds. The summed E-state index contributed by atoms with van der Waals surface area (Å²) in [5, 5.41) is 11.9. The summed E-state index contributed by atoms with van der Waals surface area (Å²) in [7, 11) is 5.89. The summed E-state index contributed by atoms with van der Waals surface area (Å²) in [5.74, 6) is -1.01. The van der Waals surface area contributed by atoms with E-state index in [2.05, 4.69) is 5.32 Å². The minimum Gasteiger partial charge on any atom is -0.481 e. The number of nitrogens with zero attached hydrogens (tertiary/aromatic N) is 1. The van der Waals surface area contributed by atoms with E-state index in [1.165, 1.54) is 0 Å². The Hall–Kier alpha value is -2.13. The topological polar surface area (TPSA) is 101 Å². The van der Waals surface area contributed by atoms with Crippen molar-refractivity contribution in [3.05, 3.63) is 35.4 Å². The lowest BCUT2D eigenvalue weighted by Gasteiger charge is -2.29. The van der Waals surface area contributed by atoms with Crippen LogP contribution in [-0.2, 0) is 22.2 Å². The Labute approximate surface area is 195 Å². The monoisotopic (exact) mass is 476 g/mol. The molecule has 0 radical (unpaired) electrons. The Morgan fingerprint density at radius 1 is 0.939 bits per heavy atom. The van der Waals surface area contributed by atoms with Crippen LogP contribution >= 0.6 is 0 Å². The van der Waals surface area contributed by atoms with Crippen LogP contribution in [0.1, 0.15) is 68.9 Å². The number of hydrogen-bond acceptors (Lipinski definition) is 3. The van der Waals surface area contributed by atoms with Crippen molar-refractivity contribution in [1.82, 2.24) is 11.5 Å². The first-order valence-electron chi connectivity index (χ1n) is 11.3. The first-order valence-corrected chi connectivity index (χ1v) is 11.3. The van der Waals surface area contributed by atoms with Crippen molar-refractivity contribution in [1.29, 1.82) is 0 Å². The fraction of sp³-hybridized carbons (Fsp3) is 0.667. The Morgan fingerprint density at radius 2 is 1.45 bits per heavy atom. The van der Waals surface area contributed by atoms with Gasteiger partial charge in [-0.2, -0.15) is 13.2 Å². The quantitative estimate of drug-likeness (QED) is 0.239. The Kier molecular flexibility index (Phi) is 13.9. The third-order valence-electron chi connectivity index (χ3n) is 5.20. The summed E-state index contributed by atoms with van der Waals surface area (Å²) in [5.41, 5.74) is 0.316. The summed E-state index contributed by atoms with van der Waals surface area (Å²) in [4.78, 5) is 23.1. The summed E-state index contributed by atoms with van der Waals surface area (Å²) >= 11 is 0. The van der Waals surface area contributed by atoms with Gasteiger partial charge in [-0.3, -0.25) is 9.59 Å². The van der Waals surface area contributed by atoms with Crippen LogP contribution in [0.25, 0.3) is 0 Å². The Morgan fingerprint density at radius 3 is 1.94 bits per heavy atom. The summed E-state index contributed by atoms with van der Waals surface area (Å²) in [6, 6.07) is 5.00. The van der Waals surface area contributed by atoms with Gasteiger partial charge in [0, 0.05) is 6.42 Å². The minimum absolute atomic E-state index is 0. The number of carboxylic acid groups (broad SMARTS) is 1. The van der Waals surface area contributed by atoms with Crippen LogP contribution in [-0.4, -0.2) is 55.2 Å². The normalized spacial score (nSPS) is 12.7. The van der Waals surface area contributed by atoms with Crippen molar-refractivity contribution in [3.8, 4) is 0 Å². The highest BCUT2D eigenvalue weighted by molar-refractivity contribution is 5.77. The number of amides is 1. The first-order chi connectivity index (χ1) is 14.9. The van der Waals surface area contributed by atoms with Gasteiger partial charge >= 0.3 is 12.1 Å². The van der Waals surface area contributed by atoms with Crippen molar-refractivity contribution in [3.63, 3.8) is 0 Å². The Balaban J connectivity index is 0.0000102. The molecule has 9 heteroatoms. The zero-order valence-corrected chi connectivity index (χ0v) is 20.2. The summed E-state index contributed by atoms with van der Waals surface area (Å²) in [6.07, 6.45) is 3.70. The molecule has 0 spiro atoms. The van der Waals surface area contributed by atoms with E-state index >= 15 is 0 Å². The van der Waals surface area contributed by atoms with Crippen LogP contribution in [0.15, 0.2) is 24.3 Å². The standard InChI is InChI=1S/C24H37F3N2O3.H3N/c1-29(2,3)18-21(17-23(31)32)28-22(30)12-10-8-6-4-5-7-9-11-19-13-15-20(16-14-19)24(25,26)27;/h13-16,21H,4-12,17-18H2,1-3H3,(H-,28,30,31,32);1H3/p+1/t21-;/m1./s1. The van der Waals surface area contributed by atoms with Crippen LogP contribution in [0.4, 0.5) is 13.2 Å². The second kappa shape index (κ2) is 14.9. The van der Waals surface area contributed by atoms with E-state index in [0.717, 1.165) is 69.1 Å². The molecule has 1 aromatic carbocycles. The van der Waals surface area contributed by atoms with E-state index in [1.54, 1.807) is 12.1 Å². The molecule has 0 bridgehead atoms. The molecule has 6 nitrogen and oxygen atoms in total. The van der Waals surface area contributed by atoms with Gasteiger partial charge in [0.1, 0.15) is 0 Å². The van der Waals surface area contributed by atoms with Gasteiger partial charge in [0.2, 0.25) is 5.91 Å². The number of nitrogens with one attached hydrogen (secondary N) is 1. The minimum atomic E-state index is -4.29. The van der Waals surface area contributed by atoms with Gasteiger partial charge in [-0.25, -0.2) is 0 Å². The lowest BCUT2D eigenvalue weighted by molar-refractivity contribution is -0.871. The SMILES string of the molecule is C[N+](C)(C)C[C@@H](CC(=O)O)NC(=O)CCCCCCCCCc1ccc(C(F)(F)F)cc1.N. The molecule has 33 heavy (non-hydrogen) atoms. The summed E-state index contributed by atoms with van der Waals surface area (Å²) in [6.45, 7) is 0.560. The molecule has 190 valence electrons. The largest absolute Gasteiger partial charge is 0.481 e. The molecule has 0 aromatic heterocycles. The predicted molar refractivity (Wildman–Crippen MR) is 124 cm³/mol. The third-order valence-corrected chi connectivity index (χ3v) is 5.20. The molecule has 1 rings (SSSR count). The van der Waals surface area contributed by atoms with Gasteiger partial charge < -0.3 is 21.1 Å². The molecule has 0 fully saturated rings. The number of rotatable bonds is 15. The molecule has 0 saturated heterocycles. The molecule has 0 aliphatic heterocycles. The zero-order valence-electron chi connectivity index (χ0n) is 20.2. The van der Waals surface area contributed by atoms with Gasteiger partial charge in [0.25, 0.3) is 0 Å². The second-order valence-corrected chi connectivity index (χ2v) is 9.50. The maximum absolute atomic E-state index is 12.6. The average Bonchev–Trinajstić information content (AvgIpc) is 2.64. The number of aryl methyl sites for hydroxylation is 1. The van der Waals surface area contributed by atoms with Crippen LogP contribution in [0, 0.1) is 0 Å². The number of carbonyl (C=O) groups is 2. The molecule has 5 N–H and O–H groups in total. The molecular weight excluding hydrogens is 435 g/mol. The maximum atomic E-state index is 12.6. The first kappa shape index (κ1) is 30.9. The van der Waals surface area contributed by atoms with E-state index in [0.29, 0.717) is 17.4 Å². The van der Waals surface area contributed by atoms with Gasteiger partial charge in [0.05, 0.1) is 45.7 Å². The van der Waals surface area contributed by atoms with Crippen molar-refractivity contribution in [2.75, 3.05) is 27.7 Å². The van der Waals surface area contributed by atoms with E-state index in [4.69, 9.17) is 5.11 Å². The van der Waals surface area contributed by atoms with E-state index in [-0.39, 0.29) is 24.5 Å². The van der Waals surface area contributed by atoms with Gasteiger partial charge in [-0.15, -0.1) is 0 Å². The highest BCUT2D eigenvalue weighted by Crippen LogP contribution is 2.29. The number of benzene rings is 1. The number of likely N-dealkylation sites (N-methyl/N-ethyl adjacent to an activating group) is 1. The van der Waals surface area contributed by atoms with Gasteiger partial charge in [-0.1, -0.05) is 44.2 Å². The fourth-order valence-corrected chi connectivity index (χ4v) is 3.69. The van der Waals surface area contributed by atoms with Crippen LogP contribution in [0.3, 0.4) is 0 Å². The number of alkyl halides is 3. The van der Waals surface area contributed by atoms with Crippen LogP contribution in [0.2, 0.25) is 0 Å². The molecule has 0 aliphatic carbocycles. The molecule has 1 aromatic rings. The predicted octanol–water partition coefficient (Wildman–Crippen LogP) is 5.20. The van der Waals surface area contributed by atoms with E-state index < -0.39 is 17.7 Å². The number of hydrogen-bond donors (Lipinski definition) is 3. The van der Waals surface area contributed by atoms with Crippen LogP contribution in [0.5, 0.6) is 0 Å². The lowest BCUT2D eigenvalue weighted by Crippen LogP contribution is -2.49.